The lowest BCUT2D eigenvalue weighted by molar-refractivity contribution is -0.131. The van der Waals surface area contributed by atoms with Gasteiger partial charge in [0.05, 0.1) is 23.8 Å². The second-order valence-corrected chi connectivity index (χ2v) is 12.6. The van der Waals surface area contributed by atoms with Gasteiger partial charge in [0.2, 0.25) is 15.9 Å². The van der Waals surface area contributed by atoms with Crippen molar-refractivity contribution < 1.29 is 22.7 Å². The van der Waals surface area contributed by atoms with Crippen molar-refractivity contribution in [2.45, 2.75) is 37.1 Å². The summed E-state index contributed by atoms with van der Waals surface area (Å²) in [6.07, 6.45) is 8.14. The third kappa shape index (κ3) is 4.84. The lowest BCUT2D eigenvalue weighted by Crippen LogP contribution is -2.40. The Kier molecular flexibility index (Phi) is 7.24. The number of fused-ring (bicyclic) bond motifs is 2. The molecule has 3 aromatic rings. The highest BCUT2D eigenvalue weighted by molar-refractivity contribution is 7.89. The van der Waals surface area contributed by atoms with E-state index in [1.807, 2.05) is 46.0 Å². The Labute approximate surface area is 234 Å². The molecule has 2 saturated heterocycles. The Morgan fingerprint density at radius 2 is 1.70 bits per heavy atom. The number of hydrogen-bond acceptors (Lipinski definition) is 5. The highest BCUT2D eigenvalue weighted by Gasteiger charge is 2.33. The number of carbonyl (C=O) groups is 2. The van der Waals surface area contributed by atoms with Crippen LogP contribution >= 0.6 is 0 Å². The number of anilines is 1. The van der Waals surface area contributed by atoms with Crippen LogP contribution in [0, 0.1) is 0 Å². The third-order valence-corrected chi connectivity index (χ3v) is 10.0. The lowest BCUT2D eigenvalue weighted by Gasteiger charge is -2.26. The topological polar surface area (TPSA) is 92.2 Å². The highest BCUT2D eigenvalue weighted by atomic mass is 32.2. The van der Waals surface area contributed by atoms with Crippen LogP contribution in [0.25, 0.3) is 22.6 Å². The van der Waals surface area contributed by atoms with E-state index >= 15 is 0 Å². The van der Waals surface area contributed by atoms with Crippen LogP contribution in [0.3, 0.4) is 0 Å². The minimum Gasteiger partial charge on any atom is -0.379 e. The van der Waals surface area contributed by atoms with Crippen LogP contribution in [-0.4, -0.2) is 80.4 Å². The predicted octanol–water partition coefficient (Wildman–Crippen LogP) is 3.58. The van der Waals surface area contributed by atoms with Gasteiger partial charge in [-0.25, -0.2) is 8.42 Å². The van der Waals surface area contributed by atoms with E-state index in [-0.39, 0.29) is 23.3 Å². The number of hydrogen-bond donors (Lipinski definition) is 0. The molecule has 0 unspecified atom stereocenters. The maximum absolute atomic E-state index is 13.4. The molecule has 2 fully saturated rings. The summed E-state index contributed by atoms with van der Waals surface area (Å²) in [7, 11) is -2.03. The summed E-state index contributed by atoms with van der Waals surface area (Å²) in [5.41, 5.74) is 3.40. The molecule has 0 aliphatic carbocycles. The molecule has 0 atom stereocenters. The maximum Gasteiger partial charge on any atom is 0.258 e. The fourth-order valence-electron chi connectivity index (χ4n) is 5.91. The number of ether oxygens (including phenoxy) is 1. The van der Waals surface area contributed by atoms with E-state index in [4.69, 9.17) is 4.74 Å². The molecule has 0 saturated carbocycles. The number of aromatic nitrogens is 1. The zero-order chi connectivity index (χ0) is 27.9. The van der Waals surface area contributed by atoms with E-state index in [9.17, 15) is 18.0 Å². The van der Waals surface area contributed by atoms with E-state index in [2.05, 4.69) is 0 Å². The fourth-order valence-corrected chi connectivity index (χ4v) is 7.34. The number of rotatable bonds is 5. The molecule has 0 spiro atoms. The maximum atomic E-state index is 13.4. The fraction of sp³-hybridized carbons (Fsp3) is 0.400. The van der Waals surface area contributed by atoms with Crippen LogP contribution in [-0.2, 0) is 30.9 Å². The summed E-state index contributed by atoms with van der Waals surface area (Å²) < 4.78 is 35.4. The molecule has 2 aromatic carbocycles. The standard InChI is InChI=1S/C30H34N4O5S/c1-31-27-11-10-23(40(37,38)34-14-16-39-17-15-34)19-25(27)26(30(31)36)18-22-20-33(28-9-5-4-8-24(22)28)21-29(35)32-12-6-2-3-7-13-32/h4-5,8-11,18-20H,2-3,6-7,12-17,21H2,1H3. The van der Waals surface area contributed by atoms with Crippen molar-refractivity contribution in [2.24, 2.45) is 0 Å². The average molecular weight is 563 g/mol. The van der Waals surface area contributed by atoms with Gasteiger partial charge in [0.25, 0.3) is 5.91 Å². The molecule has 2 amide bonds. The van der Waals surface area contributed by atoms with E-state index in [0.717, 1.165) is 55.2 Å². The zero-order valence-corrected chi connectivity index (χ0v) is 23.5. The molecular weight excluding hydrogens is 528 g/mol. The molecule has 6 rings (SSSR count). The van der Waals surface area contributed by atoms with E-state index < -0.39 is 10.0 Å². The molecule has 210 valence electrons. The molecule has 3 aliphatic heterocycles. The Morgan fingerprint density at radius 1 is 0.975 bits per heavy atom. The first kappa shape index (κ1) is 26.7. The molecule has 1 aromatic heterocycles. The van der Waals surface area contributed by atoms with Gasteiger partial charge in [-0.2, -0.15) is 4.31 Å². The summed E-state index contributed by atoms with van der Waals surface area (Å²) in [6, 6.07) is 12.7. The number of amides is 2. The van der Waals surface area contributed by atoms with Crippen LogP contribution in [0.1, 0.15) is 36.8 Å². The molecule has 4 heterocycles. The molecule has 9 nitrogen and oxygen atoms in total. The number of nitrogens with zero attached hydrogens (tertiary/aromatic N) is 4. The van der Waals surface area contributed by atoms with Crippen molar-refractivity contribution in [2.75, 3.05) is 51.3 Å². The minimum atomic E-state index is -3.72. The molecular formula is C30H34N4O5S. The molecule has 0 N–H and O–H groups in total. The first-order chi connectivity index (χ1) is 19.3. The van der Waals surface area contributed by atoms with Crippen molar-refractivity contribution in [3.05, 3.63) is 59.8 Å². The average Bonchev–Trinajstić information content (AvgIpc) is 3.25. The number of likely N-dealkylation sites (N-methyl/N-ethyl adjacent to an activating group) is 1. The van der Waals surface area contributed by atoms with E-state index in [1.54, 1.807) is 30.1 Å². The van der Waals surface area contributed by atoms with Gasteiger partial charge in [0.1, 0.15) is 6.54 Å². The van der Waals surface area contributed by atoms with Gasteiger partial charge < -0.3 is 19.1 Å². The normalized spacial score (nSPS) is 19.8. The zero-order valence-electron chi connectivity index (χ0n) is 22.7. The van der Waals surface area contributed by atoms with E-state index in [0.29, 0.717) is 43.1 Å². The monoisotopic (exact) mass is 562 g/mol. The molecule has 3 aliphatic rings. The molecule has 0 radical (unpaired) electrons. The first-order valence-corrected chi connectivity index (χ1v) is 15.4. The number of benzene rings is 2. The SMILES string of the molecule is CN1C(=O)C(=Cc2cn(CC(=O)N3CCCCCC3)c3ccccc23)c2cc(S(=O)(=O)N3CCOCC3)ccc21. The van der Waals surface area contributed by atoms with E-state index in [1.165, 1.54) is 4.31 Å². The van der Waals surface area contributed by atoms with Crippen molar-refractivity contribution in [1.82, 2.24) is 13.8 Å². The van der Waals surface area contributed by atoms with Gasteiger partial charge in [0, 0.05) is 67.0 Å². The minimum absolute atomic E-state index is 0.0989. The van der Waals surface area contributed by atoms with Crippen LogP contribution in [0.15, 0.2) is 53.6 Å². The quantitative estimate of drug-likeness (QED) is 0.444. The second-order valence-electron chi connectivity index (χ2n) is 10.6. The summed E-state index contributed by atoms with van der Waals surface area (Å²) in [6.45, 7) is 3.15. The van der Waals surface area contributed by atoms with Crippen molar-refractivity contribution in [1.29, 1.82) is 0 Å². The first-order valence-electron chi connectivity index (χ1n) is 13.9. The number of carbonyl (C=O) groups excluding carboxylic acids is 2. The number of morpholine rings is 1. The smallest absolute Gasteiger partial charge is 0.258 e. The Bertz CT molecular complexity index is 1600. The molecule has 40 heavy (non-hydrogen) atoms. The number of para-hydroxylation sites is 1. The Hall–Kier alpha value is -3.47. The van der Waals surface area contributed by atoms with Crippen LogP contribution in [0.5, 0.6) is 0 Å². The lowest BCUT2D eigenvalue weighted by atomic mass is 10.0. The van der Waals surface area contributed by atoms with Crippen LogP contribution in [0.2, 0.25) is 0 Å². The summed E-state index contributed by atoms with van der Waals surface area (Å²) in [5, 5.41) is 0.930. The molecule has 0 bridgehead atoms. The number of likely N-dealkylation sites (tertiary alicyclic amines) is 1. The van der Waals surface area contributed by atoms with Crippen LogP contribution in [0.4, 0.5) is 5.69 Å². The van der Waals surface area contributed by atoms with Gasteiger partial charge in [-0.05, 0) is 43.2 Å². The summed E-state index contributed by atoms with van der Waals surface area (Å²) >= 11 is 0. The van der Waals surface area contributed by atoms with Crippen molar-refractivity contribution >= 4 is 50.1 Å². The van der Waals surface area contributed by atoms with Gasteiger partial charge >= 0.3 is 0 Å². The Balaban J connectivity index is 1.37. The van der Waals surface area contributed by atoms with Crippen LogP contribution < -0.4 is 4.90 Å². The number of sulfonamides is 1. The van der Waals surface area contributed by atoms with Gasteiger partial charge in [0.15, 0.2) is 0 Å². The van der Waals surface area contributed by atoms with Gasteiger partial charge in [-0.1, -0.05) is 31.0 Å². The van der Waals surface area contributed by atoms with Gasteiger partial charge in [-0.3, -0.25) is 9.59 Å². The molecule has 10 heteroatoms. The Morgan fingerprint density at radius 3 is 2.45 bits per heavy atom. The van der Waals surface area contributed by atoms with Gasteiger partial charge in [-0.15, -0.1) is 0 Å². The largest absolute Gasteiger partial charge is 0.379 e. The predicted molar refractivity (Wildman–Crippen MR) is 154 cm³/mol. The van der Waals surface area contributed by atoms with Crippen molar-refractivity contribution in [3.63, 3.8) is 0 Å². The third-order valence-electron chi connectivity index (χ3n) is 8.15. The van der Waals surface area contributed by atoms with Crippen molar-refractivity contribution in [3.8, 4) is 0 Å². The highest BCUT2D eigenvalue weighted by Crippen LogP contribution is 2.39. The summed E-state index contributed by atoms with van der Waals surface area (Å²) in [4.78, 5) is 30.3. The second kappa shape index (κ2) is 10.8. The summed E-state index contributed by atoms with van der Waals surface area (Å²) in [5.74, 6) is -0.102.